The van der Waals surface area contributed by atoms with Crippen LogP contribution in [0.1, 0.15) is 19.3 Å². The summed E-state index contributed by atoms with van der Waals surface area (Å²) in [6.07, 6.45) is 2.93. The van der Waals surface area contributed by atoms with Crippen LogP contribution in [0.4, 0.5) is 0 Å². The fraction of sp³-hybridized carbons (Fsp3) is 0.421. The number of benzene rings is 1. The van der Waals surface area contributed by atoms with E-state index in [4.69, 9.17) is 9.84 Å². The molecule has 0 bridgehead atoms. The number of carbonyl (C=O) groups is 2. The number of amides is 1. The second-order valence-electron chi connectivity index (χ2n) is 6.40. The summed E-state index contributed by atoms with van der Waals surface area (Å²) in [5, 5.41) is 9.56. The van der Waals surface area contributed by atoms with Gasteiger partial charge in [-0.05, 0) is 25.0 Å². The molecule has 1 aliphatic rings. The number of fused-ring (bicyclic) bond motifs is 1. The fourth-order valence-electron chi connectivity index (χ4n) is 3.36. The van der Waals surface area contributed by atoms with E-state index in [1.807, 2.05) is 6.07 Å². The molecule has 7 heteroatoms. The number of pyridine rings is 1. The third kappa shape index (κ3) is 4.11. The van der Waals surface area contributed by atoms with Crippen molar-refractivity contribution in [2.24, 2.45) is 0 Å². The van der Waals surface area contributed by atoms with Crippen LogP contribution in [0.15, 0.2) is 41.3 Å². The van der Waals surface area contributed by atoms with Crippen LogP contribution in [0.25, 0.3) is 10.9 Å². The van der Waals surface area contributed by atoms with Crippen molar-refractivity contribution in [3.8, 4) is 0 Å². The number of carbonyl (C=O) groups excluding carboxylic acids is 1. The number of rotatable bonds is 6. The van der Waals surface area contributed by atoms with Crippen LogP contribution in [0.2, 0.25) is 0 Å². The third-order valence-corrected chi connectivity index (χ3v) is 4.71. The van der Waals surface area contributed by atoms with Crippen LogP contribution in [0.5, 0.6) is 0 Å². The van der Waals surface area contributed by atoms with E-state index in [0.29, 0.717) is 37.0 Å². The van der Waals surface area contributed by atoms with E-state index in [-0.39, 0.29) is 36.9 Å². The molecule has 138 valence electrons. The molecule has 2 heterocycles. The molecule has 1 amide bonds. The van der Waals surface area contributed by atoms with Gasteiger partial charge in [-0.1, -0.05) is 12.1 Å². The van der Waals surface area contributed by atoms with Crippen molar-refractivity contribution < 1.29 is 19.4 Å². The number of carboxylic acid groups (broad SMARTS) is 1. The monoisotopic (exact) mass is 358 g/mol. The van der Waals surface area contributed by atoms with Crippen molar-refractivity contribution in [3.05, 3.63) is 46.8 Å². The van der Waals surface area contributed by atoms with Gasteiger partial charge in [0.1, 0.15) is 6.54 Å². The molecule has 2 aromatic rings. The number of nitrogens with zero attached hydrogens (tertiary/aromatic N) is 2. The Hall–Kier alpha value is -2.67. The fourth-order valence-corrected chi connectivity index (χ4v) is 3.36. The van der Waals surface area contributed by atoms with Crippen LogP contribution < -0.4 is 5.43 Å². The maximum Gasteiger partial charge on any atom is 0.305 e. The lowest BCUT2D eigenvalue weighted by molar-refractivity contribution is -0.140. The first-order chi connectivity index (χ1) is 12.6. The van der Waals surface area contributed by atoms with Gasteiger partial charge in [0.15, 0.2) is 5.43 Å². The second kappa shape index (κ2) is 8.14. The van der Waals surface area contributed by atoms with Crippen molar-refractivity contribution in [1.82, 2.24) is 9.47 Å². The Morgan fingerprint density at radius 3 is 2.65 bits per heavy atom. The number of hydrogen-bond donors (Lipinski definition) is 1. The normalized spacial score (nSPS) is 15.1. The van der Waals surface area contributed by atoms with Gasteiger partial charge in [-0.15, -0.1) is 0 Å². The standard InChI is InChI=1S/C19H22N2O5/c22-17-5-9-20(16-4-2-1-3-15(16)17)13-18(23)21(10-6-19(24)25)14-7-11-26-12-8-14/h1-5,9,14H,6-8,10-13H2,(H,24,25). The Morgan fingerprint density at radius 1 is 1.19 bits per heavy atom. The highest BCUT2D eigenvalue weighted by atomic mass is 16.5. The van der Waals surface area contributed by atoms with Crippen molar-refractivity contribution in [2.75, 3.05) is 19.8 Å². The summed E-state index contributed by atoms with van der Waals surface area (Å²) in [6, 6.07) is 8.59. The summed E-state index contributed by atoms with van der Waals surface area (Å²) in [7, 11) is 0. The zero-order valence-corrected chi connectivity index (χ0v) is 14.5. The van der Waals surface area contributed by atoms with Gasteiger partial charge < -0.3 is 19.3 Å². The molecule has 1 aromatic carbocycles. The lowest BCUT2D eigenvalue weighted by Crippen LogP contribution is -2.45. The second-order valence-corrected chi connectivity index (χ2v) is 6.40. The van der Waals surface area contributed by atoms with Crippen LogP contribution >= 0.6 is 0 Å². The molecule has 1 saturated heterocycles. The summed E-state index contributed by atoms with van der Waals surface area (Å²) in [6.45, 7) is 1.39. The van der Waals surface area contributed by atoms with E-state index in [2.05, 4.69) is 0 Å². The van der Waals surface area contributed by atoms with Gasteiger partial charge in [-0.2, -0.15) is 0 Å². The molecule has 1 aromatic heterocycles. The van der Waals surface area contributed by atoms with Crippen molar-refractivity contribution >= 4 is 22.8 Å². The highest BCUT2D eigenvalue weighted by Gasteiger charge is 2.26. The minimum Gasteiger partial charge on any atom is -0.481 e. The number of aliphatic carboxylic acids is 1. The van der Waals surface area contributed by atoms with E-state index in [1.54, 1.807) is 33.9 Å². The smallest absolute Gasteiger partial charge is 0.305 e. The Bertz CT molecular complexity index is 854. The molecule has 3 rings (SSSR count). The Labute approximate surface area is 150 Å². The van der Waals surface area contributed by atoms with Crippen molar-refractivity contribution in [2.45, 2.75) is 31.8 Å². The minimum atomic E-state index is -0.927. The van der Waals surface area contributed by atoms with E-state index in [0.717, 1.165) is 0 Å². The first-order valence-electron chi connectivity index (χ1n) is 8.73. The Balaban J connectivity index is 1.84. The molecule has 7 nitrogen and oxygen atoms in total. The van der Waals surface area contributed by atoms with Gasteiger partial charge >= 0.3 is 5.97 Å². The first-order valence-corrected chi connectivity index (χ1v) is 8.73. The van der Waals surface area contributed by atoms with Crippen molar-refractivity contribution in [3.63, 3.8) is 0 Å². The van der Waals surface area contributed by atoms with Gasteiger partial charge in [0, 0.05) is 43.4 Å². The van der Waals surface area contributed by atoms with E-state index < -0.39 is 5.97 Å². The van der Waals surface area contributed by atoms with Crippen LogP contribution in [0, 0.1) is 0 Å². The van der Waals surface area contributed by atoms with Gasteiger partial charge in [-0.25, -0.2) is 0 Å². The summed E-state index contributed by atoms with van der Waals surface area (Å²) in [5.74, 6) is -1.07. The number of ether oxygens (including phenoxy) is 1. The van der Waals surface area contributed by atoms with E-state index in [1.165, 1.54) is 6.07 Å². The molecule has 0 unspecified atom stereocenters. The number of para-hydroxylation sites is 1. The van der Waals surface area contributed by atoms with E-state index in [9.17, 15) is 14.4 Å². The quantitative estimate of drug-likeness (QED) is 0.845. The SMILES string of the molecule is O=C(O)CCN(C(=O)Cn1ccc(=O)c2ccccc21)C1CCOCC1. The van der Waals surface area contributed by atoms with Crippen LogP contribution in [-0.4, -0.2) is 52.3 Å². The largest absolute Gasteiger partial charge is 0.481 e. The molecule has 1 N–H and O–H groups in total. The molecule has 0 saturated carbocycles. The van der Waals surface area contributed by atoms with Crippen molar-refractivity contribution in [1.29, 1.82) is 0 Å². The molecule has 1 aliphatic heterocycles. The lowest BCUT2D eigenvalue weighted by atomic mass is 10.1. The third-order valence-electron chi connectivity index (χ3n) is 4.71. The van der Waals surface area contributed by atoms with Gasteiger partial charge in [0.2, 0.25) is 5.91 Å². The van der Waals surface area contributed by atoms with Crippen LogP contribution in [0.3, 0.4) is 0 Å². The zero-order valence-electron chi connectivity index (χ0n) is 14.5. The predicted octanol–water partition coefficient (Wildman–Crippen LogP) is 1.48. The zero-order chi connectivity index (χ0) is 18.5. The van der Waals surface area contributed by atoms with Crippen LogP contribution in [-0.2, 0) is 20.9 Å². The molecular formula is C19H22N2O5. The number of hydrogen-bond acceptors (Lipinski definition) is 4. The summed E-state index contributed by atoms with van der Waals surface area (Å²) in [5.41, 5.74) is 0.606. The molecule has 1 fully saturated rings. The molecule has 26 heavy (non-hydrogen) atoms. The van der Waals surface area contributed by atoms with Gasteiger partial charge in [0.25, 0.3) is 0 Å². The summed E-state index contributed by atoms with van der Waals surface area (Å²) < 4.78 is 7.09. The summed E-state index contributed by atoms with van der Waals surface area (Å²) >= 11 is 0. The summed E-state index contributed by atoms with van der Waals surface area (Å²) in [4.78, 5) is 37.6. The Morgan fingerprint density at radius 2 is 1.92 bits per heavy atom. The molecule has 0 aliphatic carbocycles. The highest BCUT2D eigenvalue weighted by molar-refractivity contribution is 5.82. The maximum atomic E-state index is 12.9. The minimum absolute atomic E-state index is 0.0127. The topological polar surface area (TPSA) is 88.8 Å². The molecule has 0 spiro atoms. The predicted molar refractivity (Wildman–Crippen MR) is 96.0 cm³/mol. The molecule has 0 radical (unpaired) electrons. The lowest BCUT2D eigenvalue weighted by Gasteiger charge is -2.34. The number of aromatic nitrogens is 1. The maximum absolute atomic E-state index is 12.9. The molecular weight excluding hydrogens is 336 g/mol. The average Bonchev–Trinajstić information content (AvgIpc) is 2.65. The van der Waals surface area contributed by atoms with Gasteiger partial charge in [0.05, 0.1) is 11.9 Å². The highest BCUT2D eigenvalue weighted by Crippen LogP contribution is 2.17. The Kier molecular flexibility index (Phi) is 5.68. The first kappa shape index (κ1) is 18.1. The molecule has 0 atom stereocenters. The van der Waals surface area contributed by atoms with E-state index >= 15 is 0 Å². The number of carboxylic acids is 1. The van der Waals surface area contributed by atoms with Gasteiger partial charge in [-0.3, -0.25) is 14.4 Å². The average molecular weight is 358 g/mol.